The van der Waals surface area contributed by atoms with Crippen molar-refractivity contribution in [3.05, 3.63) is 70.5 Å². The van der Waals surface area contributed by atoms with Crippen molar-refractivity contribution >= 4 is 22.5 Å². The van der Waals surface area contributed by atoms with Gasteiger partial charge in [-0.25, -0.2) is 9.37 Å². The van der Waals surface area contributed by atoms with Crippen LogP contribution in [-0.4, -0.2) is 46.5 Å². The van der Waals surface area contributed by atoms with Crippen LogP contribution in [0.4, 0.5) is 10.1 Å². The minimum atomic E-state index is -0.258. The van der Waals surface area contributed by atoms with Gasteiger partial charge in [0.25, 0.3) is 5.56 Å². The van der Waals surface area contributed by atoms with Crippen LogP contribution in [-0.2, 0) is 11.3 Å². The molecule has 0 saturated carbocycles. The number of aryl methyl sites for hydroxylation is 1. The second-order valence-electron chi connectivity index (χ2n) is 6.89. The zero-order valence-electron chi connectivity index (χ0n) is 15.6. The summed E-state index contributed by atoms with van der Waals surface area (Å²) in [6, 6.07) is 13.8. The molecule has 0 bridgehead atoms. The summed E-state index contributed by atoms with van der Waals surface area (Å²) < 4.78 is 15.4. The Morgan fingerprint density at radius 1 is 1.04 bits per heavy atom. The number of hydrogen-bond acceptors (Lipinski definition) is 4. The number of amides is 1. The molecule has 1 saturated heterocycles. The van der Waals surface area contributed by atoms with E-state index >= 15 is 0 Å². The molecule has 6 nitrogen and oxygen atoms in total. The van der Waals surface area contributed by atoms with Crippen molar-refractivity contribution in [3.8, 4) is 0 Å². The third-order valence-corrected chi connectivity index (χ3v) is 5.17. The molecule has 1 aliphatic heterocycles. The Hall–Kier alpha value is -3.22. The summed E-state index contributed by atoms with van der Waals surface area (Å²) in [5.41, 5.74) is 0.981. The SMILES string of the molecule is Cc1nc2ccccc2c(=O)n1CC(=O)N1CCN(c2ccccc2F)CC1. The molecule has 0 spiro atoms. The van der Waals surface area contributed by atoms with E-state index in [-0.39, 0.29) is 23.8 Å². The Morgan fingerprint density at radius 2 is 1.71 bits per heavy atom. The number of para-hydroxylation sites is 2. The molecule has 1 fully saturated rings. The van der Waals surface area contributed by atoms with Gasteiger partial charge in [0, 0.05) is 26.2 Å². The number of hydrogen-bond donors (Lipinski definition) is 0. The van der Waals surface area contributed by atoms with Gasteiger partial charge in [-0.3, -0.25) is 14.2 Å². The van der Waals surface area contributed by atoms with Crippen molar-refractivity contribution in [2.24, 2.45) is 0 Å². The van der Waals surface area contributed by atoms with Gasteiger partial charge < -0.3 is 9.80 Å². The zero-order chi connectivity index (χ0) is 19.7. The highest BCUT2D eigenvalue weighted by Crippen LogP contribution is 2.20. The lowest BCUT2D eigenvalue weighted by atomic mass is 10.2. The monoisotopic (exact) mass is 380 g/mol. The molecule has 4 rings (SSSR count). The molecule has 7 heteroatoms. The van der Waals surface area contributed by atoms with Gasteiger partial charge in [0.1, 0.15) is 18.2 Å². The van der Waals surface area contributed by atoms with Crippen LogP contribution in [0.15, 0.2) is 53.3 Å². The molecule has 144 valence electrons. The quantitative estimate of drug-likeness (QED) is 0.699. The number of carbonyl (C=O) groups is 1. The maximum Gasteiger partial charge on any atom is 0.261 e. The normalized spacial score (nSPS) is 14.5. The van der Waals surface area contributed by atoms with Crippen molar-refractivity contribution in [2.75, 3.05) is 31.1 Å². The largest absolute Gasteiger partial charge is 0.366 e. The van der Waals surface area contributed by atoms with Gasteiger partial charge in [0.05, 0.1) is 16.6 Å². The van der Waals surface area contributed by atoms with E-state index < -0.39 is 0 Å². The van der Waals surface area contributed by atoms with Crippen LogP contribution in [0, 0.1) is 12.7 Å². The molecule has 0 unspecified atom stereocenters. The van der Waals surface area contributed by atoms with Crippen LogP contribution in [0.1, 0.15) is 5.82 Å². The van der Waals surface area contributed by atoms with Crippen molar-refractivity contribution in [2.45, 2.75) is 13.5 Å². The highest BCUT2D eigenvalue weighted by Gasteiger charge is 2.23. The van der Waals surface area contributed by atoms with Gasteiger partial charge in [0.2, 0.25) is 5.91 Å². The van der Waals surface area contributed by atoms with Crippen LogP contribution in [0.25, 0.3) is 10.9 Å². The number of fused-ring (bicyclic) bond motifs is 1. The minimum absolute atomic E-state index is 0.0395. The predicted octanol–water partition coefficient (Wildman–Crippen LogP) is 2.19. The summed E-state index contributed by atoms with van der Waals surface area (Å²) in [6.45, 7) is 3.77. The van der Waals surface area contributed by atoms with Crippen LogP contribution in [0.3, 0.4) is 0 Å². The van der Waals surface area contributed by atoms with E-state index in [2.05, 4.69) is 4.98 Å². The summed E-state index contributed by atoms with van der Waals surface area (Å²) >= 11 is 0. The number of piperazine rings is 1. The van der Waals surface area contributed by atoms with Gasteiger partial charge >= 0.3 is 0 Å². The lowest BCUT2D eigenvalue weighted by Crippen LogP contribution is -2.50. The average molecular weight is 380 g/mol. The highest BCUT2D eigenvalue weighted by atomic mass is 19.1. The molecule has 0 aliphatic carbocycles. The summed E-state index contributed by atoms with van der Waals surface area (Å²) in [7, 11) is 0. The third-order valence-electron chi connectivity index (χ3n) is 5.17. The first-order valence-electron chi connectivity index (χ1n) is 9.28. The first-order valence-corrected chi connectivity index (χ1v) is 9.28. The van der Waals surface area contributed by atoms with Crippen LogP contribution in [0.2, 0.25) is 0 Å². The van der Waals surface area contributed by atoms with Crippen LogP contribution in [0.5, 0.6) is 0 Å². The standard InChI is InChI=1S/C21H21FN4O2/c1-15-23-18-8-4-2-6-16(18)21(28)26(15)14-20(27)25-12-10-24(11-13-25)19-9-5-3-7-17(19)22/h2-9H,10-14H2,1H3. The molecule has 1 aromatic heterocycles. The third kappa shape index (κ3) is 3.35. The maximum absolute atomic E-state index is 14.0. The van der Waals surface area contributed by atoms with E-state index in [1.165, 1.54) is 10.6 Å². The Balaban J connectivity index is 1.48. The summed E-state index contributed by atoms with van der Waals surface area (Å²) in [5, 5.41) is 0.505. The molecule has 2 aromatic carbocycles. The molecule has 2 heterocycles. The maximum atomic E-state index is 14.0. The predicted molar refractivity (Wildman–Crippen MR) is 106 cm³/mol. The number of anilines is 1. The first kappa shape index (κ1) is 18.2. The fourth-order valence-corrected chi connectivity index (χ4v) is 3.61. The highest BCUT2D eigenvalue weighted by molar-refractivity contribution is 5.79. The van der Waals surface area contributed by atoms with E-state index in [9.17, 15) is 14.0 Å². The van der Waals surface area contributed by atoms with Gasteiger partial charge in [-0.1, -0.05) is 24.3 Å². The average Bonchev–Trinajstić information content (AvgIpc) is 2.71. The molecule has 1 aliphatic rings. The van der Waals surface area contributed by atoms with E-state index in [1.54, 1.807) is 48.2 Å². The number of halogens is 1. The van der Waals surface area contributed by atoms with E-state index in [0.717, 1.165) is 0 Å². The van der Waals surface area contributed by atoms with Crippen molar-refractivity contribution in [1.29, 1.82) is 0 Å². The van der Waals surface area contributed by atoms with Crippen molar-refractivity contribution in [1.82, 2.24) is 14.5 Å². The molecular formula is C21H21FN4O2. The van der Waals surface area contributed by atoms with Gasteiger partial charge in [-0.05, 0) is 31.2 Å². The fraction of sp³-hybridized carbons (Fsp3) is 0.286. The summed E-state index contributed by atoms with van der Waals surface area (Å²) in [5.74, 6) is 0.129. The Bertz CT molecular complexity index is 1090. The van der Waals surface area contributed by atoms with Gasteiger partial charge in [-0.15, -0.1) is 0 Å². The Morgan fingerprint density at radius 3 is 2.46 bits per heavy atom. The van der Waals surface area contributed by atoms with Gasteiger partial charge in [0.15, 0.2) is 0 Å². The number of benzene rings is 2. The van der Waals surface area contributed by atoms with Gasteiger partial charge in [-0.2, -0.15) is 0 Å². The molecule has 1 amide bonds. The summed E-state index contributed by atoms with van der Waals surface area (Å²) in [4.78, 5) is 33.6. The van der Waals surface area contributed by atoms with E-state index in [4.69, 9.17) is 0 Å². The molecule has 28 heavy (non-hydrogen) atoms. The topological polar surface area (TPSA) is 58.4 Å². The van der Waals surface area contributed by atoms with E-state index in [1.807, 2.05) is 11.0 Å². The number of aromatic nitrogens is 2. The molecule has 3 aromatic rings. The van der Waals surface area contributed by atoms with Crippen LogP contribution >= 0.6 is 0 Å². The second kappa shape index (κ2) is 7.42. The lowest BCUT2D eigenvalue weighted by Gasteiger charge is -2.36. The first-order chi connectivity index (χ1) is 13.5. The van der Waals surface area contributed by atoms with Crippen molar-refractivity contribution < 1.29 is 9.18 Å². The molecule has 0 radical (unpaired) electrons. The number of nitrogens with zero attached hydrogens (tertiary/aromatic N) is 4. The fourth-order valence-electron chi connectivity index (χ4n) is 3.61. The Labute approximate surface area is 161 Å². The Kier molecular flexibility index (Phi) is 4.81. The van der Waals surface area contributed by atoms with E-state index in [0.29, 0.717) is 48.6 Å². The smallest absolute Gasteiger partial charge is 0.261 e. The number of carbonyl (C=O) groups excluding carboxylic acids is 1. The molecule has 0 atom stereocenters. The zero-order valence-corrected chi connectivity index (χ0v) is 15.6. The summed E-state index contributed by atoms with van der Waals surface area (Å²) in [6.07, 6.45) is 0. The lowest BCUT2D eigenvalue weighted by molar-refractivity contribution is -0.132. The van der Waals surface area contributed by atoms with Crippen molar-refractivity contribution in [3.63, 3.8) is 0 Å². The second-order valence-corrected chi connectivity index (χ2v) is 6.89. The molecule has 0 N–H and O–H groups in total. The minimum Gasteiger partial charge on any atom is -0.366 e. The number of rotatable bonds is 3. The molecular weight excluding hydrogens is 359 g/mol. The van der Waals surface area contributed by atoms with Crippen LogP contribution < -0.4 is 10.5 Å².